The molecule has 1 aromatic carbocycles. The van der Waals surface area contributed by atoms with Gasteiger partial charge in [0, 0.05) is 0 Å². The van der Waals surface area contributed by atoms with E-state index in [9.17, 15) is 20.4 Å². The normalized spacial score (nSPS) is 14.9. The van der Waals surface area contributed by atoms with Crippen molar-refractivity contribution < 1.29 is 20.4 Å². The monoisotopic (exact) mass is 324 g/mol. The summed E-state index contributed by atoms with van der Waals surface area (Å²) in [7, 11) is 0. The first kappa shape index (κ1) is 20.1. The minimum Gasteiger partial charge on any atom is -0.395 e. The molecule has 4 nitrogen and oxygen atoms in total. The second-order valence-corrected chi connectivity index (χ2v) is 8.51. The van der Waals surface area contributed by atoms with Crippen LogP contribution in [0, 0.1) is 5.41 Å². The highest BCUT2D eigenvalue weighted by atomic mass is 16.3. The lowest BCUT2D eigenvalue weighted by atomic mass is 9.70. The fourth-order valence-corrected chi connectivity index (χ4v) is 2.88. The van der Waals surface area contributed by atoms with Gasteiger partial charge in [-0.05, 0) is 27.5 Å². The largest absolute Gasteiger partial charge is 0.395 e. The van der Waals surface area contributed by atoms with Gasteiger partial charge in [0.1, 0.15) is 0 Å². The molecule has 4 N–H and O–H groups in total. The summed E-state index contributed by atoms with van der Waals surface area (Å²) in [6.07, 6.45) is -1.16. The van der Waals surface area contributed by atoms with Gasteiger partial charge in [-0.1, -0.05) is 59.7 Å². The number of aliphatic hydroxyl groups excluding tert-OH is 4. The highest BCUT2D eigenvalue weighted by molar-refractivity contribution is 5.45. The maximum Gasteiger partial charge on any atom is 0.0918 e. The van der Waals surface area contributed by atoms with Crippen LogP contribution in [0.5, 0.6) is 0 Å². The lowest BCUT2D eigenvalue weighted by molar-refractivity contribution is -0.0862. The third kappa shape index (κ3) is 3.94. The Kier molecular flexibility index (Phi) is 6.03. The van der Waals surface area contributed by atoms with Crippen LogP contribution in [0.25, 0.3) is 0 Å². The molecule has 0 fully saturated rings. The van der Waals surface area contributed by atoms with Gasteiger partial charge in [0.05, 0.1) is 31.3 Å². The molecule has 0 aliphatic carbocycles. The number of hydrogen-bond donors (Lipinski definition) is 4. The number of aliphatic hydroxyl groups is 4. The lowest BCUT2D eigenvalue weighted by Gasteiger charge is -2.39. The Hall–Kier alpha value is -0.940. The second kappa shape index (κ2) is 6.89. The predicted molar refractivity (Wildman–Crippen MR) is 92.5 cm³/mol. The number of benzene rings is 1. The molecule has 1 unspecified atom stereocenters. The summed E-state index contributed by atoms with van der Waals surface area (Å²) >= 11 is 0. The summed E-state index contributed by atoms with van der Waals surface area (Å²) in [5.41, 5.74) is 0.799. The van der Waals surface area contributed by atoms with Crippen LogP contribution in [-0.4, -0.2) is 40.2 Å². The average Bonchev–Trinajstić information content (AvgIpc) is 2.47. The van der Waals surface area contributed by atoms with Gasteiger partial charge in [-0.2, -0.15) is 0 Å². The molecule has 23 heavy (non-hydrogen) atoms. The van der Waals surface area contributed by atoms with E-state index in [1.54, 1.807) is 0 Å². The van der Waals surface area contributed by atoms with Crippen LogP contribution in [-0.2, 0) is 10.8 Å². The summed E-state index contributed by atoms with van der Waals surface area (Å²) in [5.74, 6) is 0. The van der Waals surface area contributed by atoms with Gasteiger partial charge in [0.15, 0.2) is 0 Å². The SMILES string of the molecule is CC(C)(C)c1cccc(C(C)(C)C)c1C(O)C(CO)(CO)CO. The van der Waals surface area contributed by atoms with Crippen molar-refractivity contribution >= 4 is 0 Å². The van der Waals surface area contributed by atoms with E-state index in [4.69, 9.17) is 0 Å². The zero-order chi connectivity index (χ0) is 18.1. The quantitative estimate of drug-likeness (QED) is 0.670. The van der Waals surface area contributed by atoms with Crippen molar-refractivity contribution in [2.24, 2.45) is 5.41 Å². The van der Waals surface area contributed by atoms with Gasteiger partial charge in [-0.25, -0.2) is 0 Å². The molecule has 0 aliphatic heterocycles. The van der Waals surface area contributed by atoms with Gasteiger partial charge >= 0.3 is 0 Å². The van der Waals surface area contributed by atoms with Crippen molar-refractivity contribution in [3.63, 3.8) is 0 Å². The molecule has 0 saturated heterocycles. The Morgan fingerprint density at radius 1 is 0.783 bits per heavy atom. The van der Waals surface area contributed by atoms with E-state index < -0.39 is 31.3 Å². The van der Waals surface area contributed by atoms with Crippen LogP contribution >= 0.6 is 0 Å². The molecule has 0 radical (unpaired) electrons. The highest BCUT2D eigenvalue weighted by Crippen LogP contribution is 2.43. The number of hydrogen-bond acceptors (Lipinski definition) is 4. The fraction of sp³-hybridized carbons (Fsp3) is 0.684. The molecule has 0 spiro atoms. The average molecular weight is 324 g/mol. The molecule has 132 valence electrons. The fourth-order valence-electron chi connectivity index (χ4n) is 2.88. The molecule has 0 aromatic heterocycles. The van der Waals surface area contributed by atoms with Crippen molar-refractivity contribution in [1.82, 2.24) is 0 Å². The van der Waals surface area contributed by atoms with Crippen molar-refractivity contribution in [2.45, 2.75) is 58.5 Å². The molecule has 0 amide bonds. The van der Waals surface area contributed by atoms with Gasteiger partial charge in [0.2, 0.25) is 0 Å². The van der Waals surface area contributed by atoms with Crippen molar-refractivity contribution in [2.75, 3.05) is 19.8 Å². The first-order valence-corrected chi connectivity index (χ1v) is 8.09. The van der Waals surface area contributed by atoms with Gasteiger partial charge in [-0.3, -0.25) is 0 Å². The zero-order valence-corrected chi connectivity index (χ0v) is 15.2. The van der Waals surface area contributed by atoms with Crippen LogP contribution in [0.3, 0.4) is 0 Å². The molecule has 0 heterocycles. The molecular weight excluding hydrogens is 292 g/mol. The molecular formula is C19H32O4. The Morgan fingerprint density at radius 2 is 1.13 bits per heavy atom. The summed E-state index contributed by atoms with van der Waals surface area (Å²) in [5, 5.41) is 40.2. The van der Waals surface area contributed by atoms with Crippen LogP contribution in [0.15, 0.2) is 18.2 Å². The Morgan fingerprint density at radius 3 is 1.39 bits per heavy atom. The standard InChI is InChI=1S/C19H32O4/c1-17(2,3)13-8-7-9-14(18(4,5)6)15(13)16(23)19(10-20,11-21)12-22/h7-9,16,20-23H,10-12H2,1-6H3. The van der Waals surface area contributed by atoms with Crippen molar-refractivity contribution in [3.05, 3.63) is 34.9 Å². The molecule has 1 aromatic rings. The first-order valence-electron chi connectivity index (χ1n) is 8.09. The summed E-state index contributed by atoms with van der Waals surface area (Å²) in [6, 6.07) is 5.89. The van der Waals surface area contributed by atoms with E-state index >= 15 is 0 Å². The van der Waals surface area contributed by atoms with Crippen LogP contribution < -0.4 is 0 Å². The third-order valence-electron chi connectivity index (χ3n) is 4.52. The smallest absolute Gasteiger partial charge is 0.0918 e. The summed E-state index contributed by atoms with van der Waals surface area (Å²) < 4.78 is 0. The van der Waals surface area contributed by atoms with E-state index in [-0.39, 0.29) is 10.8 Å². The Balaban J connectivity index is 3.72. The van der Waals surface area contributed by atoms with E-state index in [1.165, 1.54) is 0 Å². The van der Waals surface area contributed by atoms with Gasteiger partial charge in [0.25, 0.3) is 0 Å². The van der Waals surface area contributed by atoms with E-state index in [0.717, 1.165) is 11.1 Å². The molecule has 0 bridgehead atoms. The summed E-state index contributed by atoms with van der Waals surface area (Å²) in [6.45, 7) is 10.9. The van der Waals surface area contributed by atoms with Crippen LogP contribution in [0.4, 0.5) is 0 Å². The molecule has 1 rings (SSSR count). The minimum absolute atomic E-state index is 0.219. The highest BCUT2D eigenvalue weighted by Gasteiger charge is 2.41. The van der Waals surface area contributed by atoms with Crippen LogP contribution in [0.1, 0.15) is 64.3 Å². The Labute approximate surface area is 139 Å². The van der Waals surface area contributed by atoms with Crippen LogP contribution in [0.2, 0.25) is 0 Å². The summed E-state index contributed by atoms with van der Waals surface area (Å²) in [4.78, 5) is 0. The maximum atomic E-state index is 11.0. The van der Waals surface area contributed by atoms with Crippen molar-refractivity contribution in [1.29, 1.82) is 0 Å². The zero-order valence-electron chi connectivity index (χ0n) is 15.2. The lowest BCUT2D eigenvalue weighted by Crippen LogP contribution is -2.42. The van der Waals surface area contributed by atoms with Gasteiger partial charge < -0.3 is 20.4 Å². The molecule has 0 aliphatic rings. The van der Waals surface area contributed by atoms with Gasteiger partial charge in [-0.15, -0.1) is 0 Å². The molecule has 1 atom stereocenters. The number of rotatable bonds is 5. The third-order valence-corrected chi connectivity index (χ3v) is 4.52. The molecule has 0 saturated carbocycles. The topological polar surface area (TPSA) is 80.9 Å². The minimum atomic E-state index is -1.37. The second-order valence-electron chi connectivity index (χ2n) is 8.51. The predicted octanol–water partition coefficient (Wildman–Crippen LogP) is 2.28. The first-order chi connectivity index (χ1) is 10.4. The van der Waals surface area contributed by atoms with E-state index in [0.29, 0.717) is 5.56 Å². The molecule has 4 heteroatoms. The van der Waals surface area contributed by atoms with E-state index in [2.05, 4.69) is 41.5 Å². The maximum absolute atomic E-state index is 11.0. The van der Waals surface area contributed by atoms with Crippen molar-refractivity contribution in [3.8, 4) is 0 Å². The Bertz CT molecular complexity index is 479. The van der Waals surface area contributed by atoms with E-state index in [1.807, 2.05) is 18.2 Å².